The fourth-order valence-electron chi connectivity index (χ4n) is 2.74. The summed E-state index contributed by atoms with van der Waals surface area (Å²) in [6.07, 6.45) is 3.50. The second-order valence-corrected chi connectivity index (χ2v) is 6.00. The van der Waals surface area contributed by atoms with Crippen molar-refractivity contribution >= 4 is 11.8 Å². The van der Waals surface area contributed by atoms with Crippen molar-refractivity contribution in [2.75, 3.05) is 18.1 Å². The first-order valence-corrected chi connectivity index (χ1v) is 7.58. The number of hydrogen-bond donors (Lipinski definition) is 1. The van der Waals surface area contributed by atoms with E-state index in [0.717, 1.165) is 25.2 Å². The van der Waals surface area contributed by atoms with Crippen LogP contribution in [0.5, 0.6) is 0 Å². The largest absolute Gasteiger partial charge is 0.360 e. The highest BCUT2D eigenvalue weighted by Gasteiger charge is 2.38. The lowest BCUT2D eigenvalue weighted by atomic mass is 9.98. The van der Waals surface area contributed by atoms with E-state index in [4.69, 9.17) is 4.74 Å². The minimum absolute atomic E-state index is 0.0539. The highest BCUT2D eigenvalue weighted by atomic mass is 32.2. The zero-order chi connectivity index (χ0) is 11.6. The van der Waals surface area contributed by atoms with Crippen LogP contribution in [0, 0.1) is 0 Å². The Morgan fingerprint density at radius 2 is 2.18 bits per heavy atom. The minimum atomic E-state index is -0.0539. The van der Waals surface area contributed by atoms with Crippen molar-refractivity contribution in [3.8, 4) is 0 Å². The fraction of sp³-hybridized carbons (Fsp3) is 0.571. The number of rotatable bonds is 1. The maximum atomic E-state index is 6.03. The van der Waals surface area contributed by atoms with Gasteiger partial charge in [0.2, 0.25) is 0 Å². The third-order valence-electron chi connectivity index (χ3n) is 3.63. The van der Waals surface area contributed by atoms with E-state index in [2.05, 4.69) is 35.6 Å². The van der Waals surface area contributed by atoms with Crippen molar-refractivity contribution in [1.82, 2.24) is 5.32 Å². The first-order chi connectivity index (χ1) is 8.38. The van der Waals surface area contributed by atoms with Crippen molar-refractivity contribution in [3.05, 3.63) is 35.9 Å². The van der Waals surface area contributed by atoms with Crippen LogP contribution in [0.1, 0.15) is 30.9 Å². The Balaban J connectivity index is 1.75. The molecule has 2 unspecified atom stereocenters. The van der Waals surface area contributed by atoms with E-state index >= 15 is 0 Å². The van der Waals surface area contributed by atoms with Gasteiger partial charge in [0.05, 0.1) is 6.61 Å². The SMILES string of the molecule is c1ccc(C2CCOC3(CCCSC3)N2)cc1. The Hall–Kier alpha value is -0.510. The lowest BCUT2D eigenvalue weighted by molar-refractivity contribution is -0.101. The highest BCUT2D eigenvalue weighted by Crippen LogP contribution is 2.34. The van der Waals surface area contributed by atoms with E-state index in [9.17, 15) is 0 Å². The van der Waals surface area contributed by atoms with Crippen molar-refractivity contribution in [2.24, 2.45) is 0 Å². The molecule has 1 spiro atoms. The molecule has 0 radical (unpaired) electrons. The van der Waals surface area contributed by atoms with Gasteiger partial charge in [-0.05, 0) is 30.6 Å². The van der Waals surface area contributed by atoms with Crippen LogP contribution < -0.4 is 5.32 Å². The number of thioether (sulfide) groups is 1. The van der Waals surface area contributed by atoms with Gasteiger partial charge in [-0.1, -0.05) is 30.3 Å². The van der Waals surface area contributed by atoms with Crippen molar-refractivity contribution < 1.29 is 4.74 Å². The molecule has 92 valence electrons. The first-order valence-electron chi connectivity index (χ1n) is 6.42. The standard InChI is InChI=1S/C14H19NOS/c1-2-5-12(6-3-1)13-7-9-16-14(15-13)8-4-10-17-11-14/h1-3,5-6,13,15H,4,7-11H2. The summed E-state index contributed by atoms with van der Waals surface area (Å²) in [5, 5.41) is 3.74. The Morgan fingerprint density at radius 1 is 1.29 bits per heavy atom. The summed E-state index contributed by atoms with van der Waals surface area (Å²) in [5.74, 6) is 2.37. The van der Waals surface area contributed by atoms with Crippen LogP contribution in [0.15, 0.2) is 30.3 Å². The molecule has 2 saturated heterocycles. The number of hydrogen-bond acceptors (Lipinski definition) is 3. The van der Waals surface area contributed by atoms with E-state index in [1.54, 1.807) is 0 Å². The minimum Gasteiger partial charge on any atom is -0.360 e. The first kappa shape index (κ1) is 11.6. The van der Waals surface area contributed by atoms with Crippen LogP contribution in [0.3, 0.4) is 0 Å². The lowest BCUT2D eigenvalue weighted by Gasteiger charge is -2.44. The molecule has 1 N–H and O–H groups in total. The van der Waals surface area contributed by atoms with E-state index < -0.39 is 0 Å². The predicted molar refractivity (Wildman–Crippen MR) is 72.2 cm³/mol. The Morgan fingerprint density at radius 3 is 2.94 bits per heavy atom. The van der Waals surface area contributed by atoms with Crippen LogP contribution in [0.4, 0.5) is 0 Å². The van der Waals surface area contributed by atoms with Gasteiger partial charge in [0.15, 0.2) is 0 Å². The van der Waals surface area contributed by atoms with Crippen LogP contribution in [-0.4, -0.2) is 23.8 Å². The molecular formula is C14H19NOS. The molecule has 2 aliphatic heterocycles. The average Bonchev–Trinajstić information content (AvgIpc) is 2.41. The zero-order valence-electron chi connectivity index (χ0n) is 10.0. The summed E-state index contributed by atoms with van der Waals surface area (Å²) < 4.78 is 6.03. The van der Waals surface area contributed by atoms with Gasteiger partial charge in [0, 0.05) is 11.8 Å². The molecule has 3 heteroatoms. The normalized spacial score (nSPS) is 33.8. The molecule has 2 heterocycles. The summed E-state index contributed by atoms with van der Waals surface area (Å²) in [6.45, 7) is 0.882. The third-order valence-corrected chi connectivity index (χ3v) is 4.88. The maximum absolute atomic E-state index is 6.03. The van der Waals surface area contributed by atoms with Crippen molar-refractivity contribution in [3.63, 3.8) is 0 Å². The number of nitrogens with one attached hydrogen (secondary N) is 1. The van der Waals surface area contributed by atoms with E-state index in [0.29, 0.717) is 6.04 Å². The Bertz CT molecular complexity index is 356. The molecule has 1 aromatic rings. The number of benzene rings is 1. The molecule has 17 heavy (non-hydrogen) atoms. The molecule has 2 fully saturated rings. The predicted octanol–water partition coefficient (Wildman–Crippen LogP) is 2.96. The van der Waals surface area contributed by atoms with E-state index in [1.165, 1.54) is 17.7 Å². The summed E-state index contributed by atoms with van der Waals surface area (Å²) in [7, 11) is 0. The molecule has 2 aliphatic rings. The lowest BCUT2D eigenvalue weighted by Crippen LogP contribution is -2.56. The molecular weight excluding hydrogens is 230 g/mol. The molecule has 0 bridgehead atoms. The van der Waals surface area contributed by atoms with Crippen LogP contribution in [0.25, 0.3) is 0 Å². The molecule has 0 amide bonds. The molecule has 0 aromatic heterocycles. The second-order valence-electron chi connectivity index (χ2n) is 4.90. The summed E-state index contributed by atoms with van der Waals surface area (Å²) in [4.78, 5) is 0. The average molecular weight is 249 g/mol. The van der Waals surface area contributed by atoms with Gasteiger partial charge in [-0.15, -0.1) is 0 Å². The molecule has 3 rings (SSSR count). The summed E-state index contributed by atoms with van der Waals surface area (Å²) in [5.41, 5.74) is 1.34. The molecule has 0 aliphatic carbocycles. The third kappa shape index (κ3) is 2.51. The van der Waals surface area contributed by atoms with Crippen molar-refractivity contribution in [2.45, 2.75) is 31.0 Å². The van der Waals surface area contributed by atoms with Gasteiger partial charge in [-0.3, -0.25) is 5.32 Å². The zero-order valence-corrected chi connectivity index (χ0v) is 10.8. The summed E-state index contributed by atoms with van der Waals surface area (Å²) >= 11 is 2.01. The number of ether oxygens (including phenoxy) is 1. The summed E-state index contributed by atoms with van der Waals surface area (Å²) in [6, 6.07) is 11.2. The quantitative estimate of drug-likeness (QED) is 0.827. The smallest absolute Gasteiger partial charge is 0.128 e. The van der Waals surface area contributed by atoms with Crippen LogP contribution in [0.2, 0.25) is 0 Å². The van der Waals surface area contributed by atoms with Gasteiger partial charge in [0.25, 0.3) is 0 Å². The molecule has 0 saturated carbocycles. The van der Waals surface area contributed by atoms with Gasteiger partial charge in [-0.25, -0.2) is 0 Å². The fourth-order valence-corrected chi connectivity index (χ4v) is 3.87. The highest BCUT2D eigenvalue weighted by molar-refractivity contribution is 7.99. The maximum Gasteiger partial charge on any atom is 0.128 e. The van der Waals surface area contributed by atoms with Gasteiger partial charge >= 0.3 is 0 Å². The van der Waals surface area contributed by atoms with Crippen LogP contribution >= 0.6 is 11.8 Å². The molecule has 2 nitrogen and oxygen atoms in total. The van der Waals surface area contributed by atoms with E-state index in [1.807, 2.05) is 11.8 Å². The molecule has 1 aromatic carbocycles. The molecule has 2 atom stereocenters. The van der Waals surface area contributed by atoms with Gasteiger partial charge in [-0.2, -0.15) is 11.8 Å². The Kier molecular flexibility index (Phi) is 3.41. The van der Waals surface area contributed by atoms with Gasteiger partial charge < -0.3 is 4.74 Å². The topological polar surface area (TPSA) is 21.3 Å². The van der Waals surface area contributed by atoms with Gasteiger partial charge in [0.1, 0.15) is 5.72 Å². The van der Waals surface area contributed by atoms with E-state index in [-0.39, 0.29) is 5.72 Å². The monoisotopic (exact) mass is 249 g/mol. The second kappa shape index (κ2) is 5.01. The van der Waals surface area contributed by atoms with Crippen molar-refractivity contribution in [1.29, 1.82) is 0 Å². The van der Waals surface area contributed by atoms with Crippen LogP contribution in [-0.2, 0) is 4.74 Å². The Labute approximate surface area is 107 Å².